The van der Waals surface area contributed by atoms with Crippen molar-refractivity contribution in [2.45, 2.75) is 13.8 Å². The van der Waals surface area contributed by atoms with Crippen molar-refractivity contribution in [3.63, 3.8) is 0 Å². The van der Waals surface area contributed by atoms with Crippen LogP contribution in [0.2, 0.25) is 0 Å². The summed E-state index contributed by atoms with van der Waals surface area (Å²) in [6, 6.07) is 3.61. The largest absolute Gasteiger partial charge is 0.508 e. The highest BCUT2D eigenvalue weighted by Crippen LogP contribution is 2.41. The van der Waals surface area contributed by atoms with Crippen molar-refractivity contribution in [3.05, 3.63) is 40.5 Å². The highest BCUT2D eigenvalue weighted by Gasteiger charge is 2.24. The van der Waals surface area contributed by atoms with E-state index in [0.717, 1.165) is 6.07 Å². The van der Waals surface area contributed by atoms with Crippen LogP contribution in [0.5, 0.6) is 28.7 Å². The maximum Gasteiger partial charge on any atom is 0.339 e. The van der Waals surface area contributed by atoms with Gasteiger partial charge in [0.2, 0.25) is 0 Å². The molecule has 23 heavy (non-hydrogen) atoms. The van der Waals surface area contributed by atoms with Gasteiger partial charge in [-0.2, -0.15) is 0 Å². The molecule has 0 spiro atoms. The summed E-state index contributed by atoms with van der Waals surface area (Å²) in [7, 11) is 0. The zero-order valence-corrected chi connectivity index (χ0v) is 12.3. The number of carboxylic acid groups (broad SMARTS) is 1. The van der Waals surface area contributed by atoms with Crippen LogP contribution < -0.4 is 4.74 Å². The Morgan fingerprint density at radius 2 is 1.78 bits per heavy atom. The molecule has 0 radical (unpaired) electrons. The van der Waals surface area contributed by atoms with Gasteiger partial charge in [-0.3, -0.25) is 4.79 Å². The number of ether oxygens (including phenoxy) is 1. The Kier molecular flexibility index (Phi) is 4.13. The topological polar surface area (TPSA) is 124 Å². The second kappa shape index (κ2) is 5.88. The third-order valence-corrected chi connectivity index (χ3v) is 3.40. The molecule has 7 nitrogen and oxygen atoms in total. The Morgan fingerprint density at radius 3 is 2.35 bits per heavy atom. The van der Waals surface area contributed by atoms with Crippen molar-refractivity contribution >= 4 is 12.3 Å². The molecule has 0 atom stereocenters. The molecule has 2 aromatic rings. The van der Waals surface area contributed by atoms with E-state index >= 15 is 0 Å². The molecule has 0 aromatic heterocycles. The minimum absolute atomic E-state index is 0.129. The molecule has 7 heteroatoms. The zero-order chi connectivity index (χ0) is 17.3. The van der Waals surface area contributed by atoms with Gasteiger partial charge >= 0.3 is 5.97 Å². The molecule has 4 N–H and O–H groups in total. The van der Waals surface area contributed by atoms with Crippen LogP contribution in [0.25, 0.3) is 0 Å². The summed E-state index contributed by atoms with van der Waals surface area (Å²) in [4.78, 5) is 22.6. The lowest BCUT2D eigenvalue weighted by atomic mass is 10.0. The van der Waals surface area contributed by atoms with Crippen LogP contribution in [0, 0.1) is 13.8 Å². The number of aldehydes is 1. The maximum atomic E-state index is 11.4. The quantitative estimate of drug-likeness (QED) is 0.639. The molecular weight excluding hydrogens is 304 g/mol. The van der Waals surface area contributed by atoms with Crippen LogP contribution in [0.15, 0.2) is 18.2 Å². The lowest BCUT2D eigenvalue weighted by Crippen LogP contribution is -2.06. The molecule has 0 amide bonds. The number of carbonyl (C=O) groups is 2. The number of hydrogen-bond acceptors (Lipinski definition) is 6. The van der Waals surface area contributed by atoms with Crippen LogP contribution in [0.3, 0.4) is 0 Å². The second-order valence-electron chi connectivity index (χ2n) is 4.91. The summed E-state index contributed by atoms with van der Waals surface area (Å²) in [6.07, 6.45) is 0.265. The van der Waals surface area contributed by atoms with Crippen molar-refractivity contribution in [2.24, 2.45) is 0 Å². The molecular formula is C16H14O7. The molecule has 120 valence electrons. The highest BCUT2D eigenvalue weighted by molar-refractivity contribution is 5.98. The number of phenols is 3. The predicted molar refractivity (Wildman–Crippen MR) is 79.8 cm³/mol. The number of hydrogen-bond donors (Lipinski definition) is 4. The molecule has 0 aliphatic carbocycles. The van der Waals surface area contributed by atoms with Crippen LogP contribution >= 0.6 is 0 Å². The number of phenolic OH excluding ortho intramolecular Hbond substituents is 3. The predicted octanol–water partition coefficient (Wildman–Crippen LogP) is 2.72. The Morgan fingerprint density at radius 1 is 1.13 bits per heavy atom. The lowest BCUT2D eigenvalue weighted by Gasteiger charge is -2.16. The number of rotatable bonds is 4. The Labute approximate surface area is 131 Å². The van der Waals surface area contributed by atoms with Crippen LogP contribution in [-0.2, 0) is 0 Å². The van der Waals surface area contributed by atoms with Gasteiger partial charge in [0.1, 0.15) is 17.1 Å². The number of aromatic carboxylic acids is 1. The van der Waals surface area contributed by atoms with Gasteiger partial charge in [-0.1, -0.05) is 0 Å². The van der Waals surface area contributed by atoms with Gasteiger partial charge in [0.05, 0.1) is 5.56 Å². The van der Waals surface area contributed by atoms with Crippen molar-refractivity contribution in [1.29, 1.82) is 0 Å². The first-order valence-corrected chi connectivity index (χ1v) is 6.52. The summed E-state index contributed by atoms with van der Waals surface area (Å²) >= 11 is 0. The summed E-state index contributed by atoms with van der Waals surface area (Å²) in [5.41, 5.74) is -0.345. The van der Waals surface area contributed by atoms with Crippen molar-refractivity contribution < 1.29 is 34.8 Å². The Bertz CT molecular complexity index is 809. The molecule has 0 heterocycles. The molecule has 2 rings (SSSR count). The van der Waals surface area contributed by atoms with Crippen molar-refractivity contribution in [2.75, 3.05) is 0 Å². The number of benzene rings is 2. The maximum absolute atomic E-state index is 11.4. The van der Waals surface area contributed by atoms with Gasteiger partial charge in [0.25, 0.3) is 0 Å². The van der Waals surface area contributed by atoms with E-state index in [4.69, 9.17) is 4.74 Å². The fourth-order valence-corrected chi connectivity index (χ4v) is 2.13. The molecule has 0 saturated heterocycles. The van der Waals surface area contributed by atoms with Crippen molar-refractivity contribution in [1.82, 2.24) is 0 Å². The number of aromatic hydroxyl groups is 3. The first-order valence-electron chi connectivity index (χ1n) is 6.52. The smallest absolute Gasteiger partial charge is 0.339 e. The van der Waals surface area contributed by atoms with Crippen LogP contribution in [0.4, 0.5) is 0 Å². The third-order valence-electron chi connectivity index (χ3n) is 3.40. The van der Waals surface area contributed by atoms with E-state index in [1.54, 1.807) is 0 Å². The SMILES string of the molecule is Cc1cc(O)c(C=O)c(Oc2ccc(O)c(C)c2O)c1C(=O)O. The van der Waals surface area contributed by atoms with E-state index < -0.39 is 17.5 Å². The number of carboxylic acids is 1. The summed E-state index contributed by atoms with van der Waals surface area (Å²) in [5, 5.41) is 38.6. The first-order chi connectivity index (χ1) is 10.8. The minimum atomic E-state index is -1.35. The van der Waals surface area contributed by atoms with E-state index in [1.807, 2.05) is 0 Å². The fourth-order valence-electron chi connectivity index (χ4n) is 2.13. The second-order valence-corrected chi connectivity index (χ2v) is 4.91. The lowest BCUT2D eigenvalue weighted by molar-refractivity contribution is 0.0693. The van der Waals surface area contributed by atoms with Crippen LogP contribution in [-0.4, -0.2) is 32.7 Å². The molecule has 0 aliphatic heterocycles. The first kappa shape index (κ1) is 16.2. The highest BCUT2D eigenvalue weighted by atomic mass is 16.5. The van der Waals surface area contributed by atoms with Gasteiger partial charge in [-0.15, -0.1) is 0 Å². The van der Waals surface area contributed by atoms with Gasteiger partial charge < -0.3 is 25.2 Å². The summed E-state index contributed by atoms with van der Waals surface area (Å²) in [6.45, 7) is 2.87. The van der Waals surface area contributed by atoms with E-state index in [0.29, 0.717) is 0 Å². The van der Waals surface area contributed by atoms with Crippen LogP contribution in [0.1, 0.15) is 31.8 Å². The standard InChI is InChI=1S/C16H14O7/c1-7-5-11(19)9(6-17)15(13(7)16(21)22)23-12-4-3-10(18)8(2)14(12)20/h3-6,18-20H,1-2H3,(H,21,22). The van der Waals surface area contributed by atoms with E-state index in [-0.39, 0.29) is 45.8 Å². The number of aryl methyl sites for hydroxylation is 1. The summed E-state index contributed by atoms with van der Waals surface area (Å²) < 4.78 is 5.39. The number of carbonyl (C=O) groups excluding carboxylic acids is 1. The van der Waals surface area contributed by atoms with E-state index in [1.165, 1.54) is 26.0 Å². The monoisotopic (exact) mass is 318 g/mol. The Balaban J connectivity index is 2.70. The molecule has 0 bridgehead atoms. The molecule has 2 aromatic carbocycles. The van der Waals surface area contributed by atoms with Gasteiger partial charge in [-0.05, 0) is 37.6 Å². The third kappa shape index (κ3) is 2.76. The van der Waals surface area contributed by atoms with Gasteiger partial charge in [-0.25, -0.2) is 4.79 Å². The average molecular weight is 318 g/mol. The normalized spacial score (nSPS) is 10.3. The molecule has 0 aliphatic rings. The summed E-state index contributed by atoms with van der Waals surface area (Å²) in [5.74, 6) is -2.90. The van der Waals surface area contributed by atoms with E-state index in [2.05, 4.69) is 0 Å². The molecule has 0 fully saturated rings. The van der Waals surface area contributed by atoms with E-state index in [9.17, 15) is 30.0 Å². The van der Waals surface area contributed by atoms with Gasteiger partial charge in [0, 0.05) is 5.56 Å². The molecule has 0 saturated carbocycles. The average Bonchev–Trinajstić information content (AvgIpc) is 2.47. The van der Waals surface area contributed by atoms with Crippen molar-refractivity contribution in [3.8, 4) is 28.7 Å². The molecule has 0 unspecified atom stereocenters. The fraction of sp³-hybridized carbons (Fsp3) is 0.125. The van der Waals surface area contributed by atoms with Gasteiger partial charge in [0.15, 0.2) is 23.5 Å². The minimum Gasteiger partial charge on any atom is -0.508 e. The zero-order valence-electron chi connectivity index (χ0n) is 12.3. The Hall–Kier alpha value is -3.22.